The molecule has 0 spiro atoms. The third-order valence-electron chi connectivity index (χ3n) is 9.90. The number of primary amides is 1. The third kappa shape index (κ3) is 15.1. The predicted molar refractivity (Wildman–Crippen MR) is 218 cm³/mol. The number of aromatic nitrogens is 3. The van der Waals surface area contributed by atoms with Crippen molar-refractivity contribution in [3.8, 4) is 5.75 Å². The quantitative estimate of drug-likeness (QED) is 0.0344. The molecule has 2 aromatic heterocycles. The van der Waals surface area contributed by atoms with Crippen molar-refractivity contribution < 1.29 is 37.4 Å². The lowest BCUT2D eigenvalue weighted by atomic mass is 10.0. The smallest absolute Gasteiger partial charge is 0.459 e. The summed E-state index contributed by atoms with van der Waals surface area (Å²) in [5, 5.41) is 3.10. The van der Waals surface area contributed by atoms with Crippen molar-refractivity contribution in [1.29, 1.82) is 0 Å². The standard InChI is InChI=1S/C41H65N6O8P/c1-4-5-6-7-8-9-10-11-12-13-14-15-16-20-26-51-27-21-28-52-41(49)31(2)46-56(50,55-33-22-18-17-19-23-33)53-30-34-24-25-36(54-34)47-29-35(39(43)48)37-38(42)44-32(3)45-40(37)47/h17-19,22-23,29,31,34,36H,4-16,20-21,24-28,30H2,1-3H3,(H2,43,48)(H,46,50)(H2,42,44,45)/t31-,34-,36+,56?/m0/s1. The third-order valence-corrected chi connectivity index (χ3v) is 11.5. The minimum atomic E-state index is -4.10. The normalized spacial score (nSPS) is 17.2. The van der Waals surface area contributed by atoms with Crippen molar-refractivity contribution in [3.63, 3.8) is 0 Å². The molecule has 0 saturated carbocycles. The van der Waals surface area contributed by atoms with Crippen molar-refractivity contribution in [2.45, 2.75) is 148 Å². The van der Waals surface area contributed by atoms with Crippen LogP contribution in [0.5, 0.6) is 5.75 Å². The van der Waals surface area contributed by atoms with Gasteiger partial charge in [-0.05, 0) is 45.2 Å². The zero-order chi connectivity index (χ0) is 40.2. The van der Waals surface area contributed by atoms with Gasteiger partial charge in [0.05, 0.1) is 30.3 Å². The van der Waals surface area contributed by atoms with Crippen LogP contribution in [0.3, 0.4) is 0 Å². The average molecular weight is 801 g/mol. The molecule has 0 radical (unpaired) electrons. The Kier molecular flexibility index (Phi) is 19.6. The maximum absolute atomic E-state index is 14.1. The number of nitrogen functional groups attached to an aromatic ring is 1. The van der Waals surface area contributed by atoms with Gasteiger partial charge in [-0.3, -0.25) is 14.1 Å². The summed E-state index contributed by atoms with van der Waals surface area (Å²) in [6.07, 6.45) is 20.6. The summed E-state index contributed by atoms with van der Waals surface area (Å²) in [5.41, 5.74) is 12.4. The topological polar surface area (TPSA) is 192 Å². The van der Waals surface area contributed by atoms with Crippen LogP contribution >= 0.6 is 7.75 Å². The number of unbranched alkanes of at least 4 members (excludes halogenated alkanes) is 13. The zero-order valence-electron chi connectivity index (χ0n) is 33.8. The fourth-order valence-corrected chi connectivity index (χ4v) is 8.37. The Bertz CT molecular complexity index is 1670. The van der Waals surface area contributed by atoms with Gasteiger partial charge in [0.2, 0.25) is 0 Å². The van der Waals surface area contributed by atoms with Gasteiger partial charge in [0.15, 0.2) is 0 Å². The molecule has 312 valence electrons. The van der Waals surface area contributed by atoms with Gasteiger partial charge in [0.25, 0.3) is 5.91 Å². The Balaban J connectivity index is 1.14. The molecular formula is C41H65N6O8P. The van der Waals surface area contributed by atoms with E-state index in [4.69, 9.17) is 34.7 Å². The highest BCUT2D eigenvalue weighted by Gasteiger charge is 2.36. The van der Waals surface area contributed by atoms with Gasteiger partial charge in [0.1, 0.15) is 35.3 Å². The van der Waals surface area contributed by atoms with Gasteiger partial charge in [-0.2, -0.15) is 5.09 Å². The minimum absolute atomic E-state index is 0.107. The fourth-order valence-electron chi connectivity index (χ4n) is 6.85. The number of carbonyl (C=O) groups excluding carboxylic acids is 2. The lowest BCUT2D eigenvalue weighted by Crippen LogP contribution is -2.36. The molecule has 0 aliphatic carbocycles. The first-order chi connectivity index (χ1) is 27.1. The summed E-state index contributed by atoms with van der Waals surface area (Å²) in [6.45, 7) is 6.78. The van der Waals surface area contributed by atoms with E-state index in [-0.39, 0.29) is 24.6 Å². The lowest BCUT2D eigenvalue weighted by molar-refractivity contribution is -0.145. The Labute approximate surface area is 332 Å². The predicted octanol–water partition coefficient (Wildman–Crippen LogP) is 8.71. The first-order valence-corrected chi connectivity index (χ1v) is 22.3. The first-order valence-electron chi connectivity index (χ1n) is 20.7. The van der Waals surface area contributed by atoms with E-state index in [9.17, 15) is 14.2 Å². The SMILES string of the molecule is CCCCCCCCCCCCCCCCOCCCOC(=O)[C@H](C)NP(=O)(OC[C@@H]1CC[C@H](n2cc(C(N)=O)c3c(N)nc(C)nc32)O1)Oc1ccccc1. The maximum atomic E-state index is 14.1. The summed E-state index contributed by atoms with van der Waals surface area (Å²) >= 11 is 0. The Morgan fingerprint density at radius 3 is 2.18 bits per heavy atom. The number of esters is 1. The summed E-state index contributed by atoms with van der Waals surface area (Å²) in [6, 6.07) is 7.57. The van der Waals surface area contributed by atoms with Crippen LogP contribution in [0.1, 0.15) is 145 Å². The summed E-state index contributed by atoms with van der Waals surface area (Å²) in [4.78, 5) is 33.7. The molecule has 15 heteroatoms. The highest BCUT2D eigenvalue weighted by atomic mass is 31.2. The molecule has 1 unspecified atom stereocenters. The van der Waals surface area contributed by atoms with Gasteiger partial charge < -0.3 is 34.8 Å². The number of para-hydroxylation sites is 1. The van der Waals surface area contributed by atoms with E-state index in [1.165, 1.54) is 83.5 Å². The van der Waals surface area contributed by atoms with Crippen LogP contribution in [0.4, 0.5) is 5.82 Å². The Morgan fingerprint density at radius 2 is 1.54 bits per heavy atom. The highest BCUT2D eigenvalue weighted by Crippen LogP contribution is 2.46. The molecule has 14 nitrogen and oxygen atoms in total. The van der Waals surface area contributed by atoms with Crippen LogP contribution in [0.25, 0.3) is 11.0 Å². The Morgan fingerprint density at radius 1 is 0.911 bits per heavy atom. The van der Waals surface area contributed by atoms with Crippen molar-refractivity contribution >= 4 is 36.5 Å². The molecular weight excluding hydrogens is 735 g/mol. The summed E-state index contributed by atoms with van der Waals surface area (Å²) in [5.74, 6) is -0.359. The van der Waals surface area contributed by atoms with Crippen LogP contribution in [-0.2, 0) is 28.1 Å². The minimum Gasteiger partial charge on any atom is -0.464 e. The van der Waals surface area contributed by atoms with Gasteiger partial charge in [-0.25, -0.2) is 14.5 Å². The zero-order valence-corrected chi connectivity index (χ0v) is 34.6. The Hall–Kier alpha value is -3.55. The molecule has 5 N–H and O–H groups in total. The molecule has 3 heterocycles. The molecule has 56 heavy (non-hydrogen) atoms. The maximum Gasteiger partial charge on any atom is 0.459 e. The van der Waals surface area contributed by atoms with Crippen LogP contribution < -0.4 is 21.1 Å². The number of anilines is 1. The number of hydrogen-bond acceptors (Lipinski definition) is 11. The van der Waals surface area contributed by atoms with Crippen molar-refractivity contribution in [2.24, 2.45) is 5.73 Å². The van der Waals surface area contributed by atoms with E-state index in [0.29, 0.717) is 55.1 Å². The number of nitrogens with two attached hydrogens (primary N) is 2. The number of aryl methyl sites for hydroxylation is 1. The highest BCUT2D eigenvalue weighted by molar-refractivity contribution is 7.52. The summed E-state index contributed by atoms with van der Waals surface area (Å²) < 4.78 is 44.9. The van der Waals surface area contributed by atoms with E-state index in [1.807, 2.05) is 0 Å². The van der Waals surface area contributed by atoms with Crippen molar-refractivity contribution in [2.75, 3.05) is 32.2 Å². The van der Waals surface area contributed by atoms with Crippen molar-refractivity contribution in [3.05, 3.63) is 47.9 Å². The van der Waals surface area contributed by atoms with Gasteiger partial charge in [-0.15, -0.1) is 0 Å². The fraction of sp³-hybridized carbons (Fsp3) is 0.659. The molecule has 4 rings (SSSR count). The molecule has 1 amide bonds. The monoisotopic (exact) mass is 800 g/mol. The second kappa shape index (κ2) is 24.3. The molecule has 1 aliphatic heterocycles. The van der Waals surface area contributed by atoms with Crippen LogP contribution in [0.15, 0.2) is 36.5 Å². The molecule has 1 saturated heterocycles. The molecule has 1 fully saturated rings. The van der Waals surface area contributed by atoms with Crippen molar-refractivity contribution in [1.82, 2.24) is 19.6 Å². The van der Waals surface area contributed by atoms with Crippen LogP contribution in [0, 0.1) is 6.92 Å². The van der Waals surface area contributed by atoms with Crippen LogP contribution in [-0.4, -0.2) is 65.0 Å². The number of ether oxygens (including phenoxy) is 3. The van der Waals surface area contributed by atoms with E-state index in [1.54, 1.807) is 54.9 Å². The number of carbonyl (C=O) groups is 2. The second-order valence-corrected chi connectivity index (χ2v) is 16.4. The van der Waals surface area contributed by atoms with Gasteiger partial charge in [-0.1, -0.05) is 109 Å². The van der Waals surface area contributed by atoms with E-state index >= 15 is 0 Å². The van der Waals surface area contributed by atoms with E-state index < -0.39 is 38.0 Å². The summed E-state index contributed by atoms with van der Waals surface area (Å²) in [7, 11) is -4.10. The molecule has 0 bridgehead atoms. The lowest BCUT2D eigenvalue weighted by Gasteiger charge is -2.24. The number of rotatable bonds is 29. The van der Waals surface area contributed by atoms with Crippen LogP contribution in [0.2, 0.25) is 0 Å². The number of nitrogens with zero attached hydrogens (tertiary/aromatic N) is 3. The number of nitrogens with one attached hydrogen (secondary N) is 1. The molecule has 1 aliphatic rings. The molecule has 1 aromatic carbocycles. The second-order valence-electron chi connectivity index (χ2n) is 14.7. The van der Waals surface area contributed by atoms with E-state index in [2.05, 4.69) is 22.0 Å². The van der Waals surface area contributed by atoms with E-state index in [0.717, 1.165) is 6.42 Å². The number of hydrogen-bond donors (Lipinski definition) is 3. The average Bonchev–Trinajstić information content (AvgIpc) is 3.80. The number of benzene rings is 1. The number of amides is 1. The number of fused-ring (bicyclic) bond motifs is 1. The first kappa shape index (κ1) is 45.2. The van der Waals surface area contributed by atoms with Gasteiger partial charge >= 0.3 is 13.7 Å². The largest absolute Gasteiger partial charge is 0.464 e. The molecule has 3 aromatic rings. The molecule has 4 atom stereocenters. The van der Waals surface area contributed by atoms with Gasteiger partial charge in [0, 0.05) is 25.8 Å².